The third kappa shape index (κ3) is 1.79. The van der Waals surface area contributed by atoms with Crippen LogP contribution < -0.4 is 5.48 Å². The monoisotopic (exact) mass is 219 g/mol. The molecule has 1 heterocycles. The zero-order valence-corrected chi connectivity index (χ0v) is 9.24. The van der Waals surface area contributed by atoms with E-state index in [0.717, 1.165) is 10.9 Å². The zero-order valence-electron chi connectivity index (χ0n) is 9.24. The second kappa shape index (κ2) is 4.37. The van der Waals surface area contributed by atoms with Gasteiger partial charge in [-0.05, 0) is 19.9 Å². The maximum atomic E-state index is 11.7. The van der Waals surface area contributed by atoms with Crippen LogP contribution in [-0.4, -0.2) is 12.5 Å². The molecule has 4 heteroatoms. The third-order valence-electron chi connectivity index (χ3n) is 2.36. The molecular formula is C12H13NO3. The van der Waals surface area contributed by atoms with Crippen molar-refractivity contribution in [1.82, 2.24) is 5.48 Å². The number of nitrogens with one attached hydrogen (secondary N) is 1. The predicted octanol–water partition coefficient (Wildman–Crippen LogP) is 2.42. The van der Waals surface area contributed by atoms with E-state index in [0.29, 0.717) is 18.0 Å². The molecule has 2 rings (SSSR count). The highest BCUT2D eigenvalue weighted by Gasteiger charge is 2.16. The fourth-order valence-electron chi connectivity index (χ4n) is 1.57. The number of hydrogen-bond acceptors (Lipinski definition) is 3. The lowest BCUT2D eigenvalue weighted by Gasteiger charge is -2.00. The van der Waals surface area contributed by atoms with Crippen molar-refractivity contribution in [1.29, 1.82) is 0 Å². The summed E-state index contributed by atoms with van der Waals surface area (Å²) >= 11 is 0. The van der Waals surface area contributed by atoms with Crippen LogP contribution in [0.4, 0.5) is 0 Å². The van der Waals surface area contributed by atoms with Crippen LogP contribution in [0.25, 0.3) is 11.0 Å². The second-order valence-corrected chi connectivity index (χ2v) is 3.42. The van der Waals surface area contributed by atoms with Gasteiger partial charge >= 0.3 is 5.91 Å². The average Bonchev–Trinajstić information content (AvgIpc) is 2.64. The predicted molar refractivity (Wildman–Crippen MR) is 60.0 cm³/mol. The summed E-state index contributed by atoms with van der Waals surface area (Å²) in [6.07, 6.45) is 0. The van der Waals surface area contributed by atoms with E-state index in [4.69, 9.17) is 9.25 Å². The number of rotatable bonds is 3. The minimum atomic E-state index is -0.351. The number of furan rings is 1. The molecule has 4 nitrogen and oxygen atoms in total. The Hall–Kier alpha value is -1.81. The number of carbonyl (C=O) groups is 1. The van der Waals surface area contributed by atoms with Gasteiger partial charge in [-0.3, -0.25) is 9.63 Å². The number of amides is 1. The molecule has 0 bridgehead atoms. The molecule has 0 aliphatic heterocycles. The lowest BCUT2D eigenvalue weighted by atomic mass is 10.1. The molecule has 1 aromatic heterocycles. The maximum absolute atomic E-state index is 11.7. The van der Waals surface area contributed by atoms with Crippen LogP contribution in [0.2, 0.25) is 0 Å². The largest absolute Gasteiger partial charge is 0.451 e. The number of hydrogen-bond donors (Lipinski definition) is 1. The standard InChI is InChI=1S/C12H13NO3/c1-3-15-13-12(14)11-8(2)9-6-4-5-7-10(9)16-11/h4-7H,3H2,1-2H3,(H,13,14). The molecule has 0 unspecified atom stereocenters. The maximum Gasteiger partial charge on any atom is 0.310 e. The molecule has 1 N–H and O–H groups in total. The Morgan fingerprint density at radius 1 is 1.44 bits per heavy atom. The Morgan fingerprint density at radius 2 is 2.19 bits per heavy atom. The Labute approximate surface area is 93.1 Å². The summed E-state index contributed by atoms with van der Waals surface area (Å²) in [4.78, 5) is 16.5. The fraction of sp³-hybridized carbons (Fsp3) is 0.250. The Kier molecular flexibility index (Phi) is 2.92. The van der Waals surface area contributed by atoms with Gasteiger partial charge in [0.05, 0.1) is 6.61 Å². The summed E-state index contributed by atoms with van der Waals surface area (Å²) in [5.74, 6) is -0.0507. The minimum absolute atomic E-state index is 0.301. The summed E-state index contributed by atoms with van der Waals surface area (Å²) in [5, 5.41) is 0.948. The molecule has 0 spiro atoms. The molecule has 0 aliphatic carbocycles. The molecule has 0 radical (unpaired) electrons. The Morgan fingerprint density at radius 3 is 2.88 bits per heavy atom. The van der Waals surface area contributed by atoms with E-state index in [2.05, 4.69) is 5.48 Å². The first kappa shape index (κ1) is 10.7. The number of hydroxylamine groups is 1. The van der Waals surface area contributed by atoms with Gasteiger partial charge in [-0.25, -0.2) is 5.48 Å². The number of aryl methyl sites for hydroxylation is 1. The molecule has 0 fully saturated rings. The first-order valence-corrected chi connectivity index (χ1v) is 5.14. The van der Waals surface area contributed by atoms with Gasteiger partial charge in [0.25, 0.3) is 0 Å². The lowest BCUT2D eigenvalue weighted by molar-refractivity contribution is 0.0341. The van der Waals surface area contributed by atoms with Crippen LogP contribution in [0.15, 0.2) is 28.7 Å². The molecule has 0 saturated heterocycles. The van der Waals surface area contributed by atoms with E-state index < -0.39 is 0 Å². The van der Waals surface area contributed by atoms with Gasteiger partial charge in [-0.15, -0.1) is 0 Å². The van der Waals surface area contributed by atoms with Gasteiger partial charge in [0.15, 0.2) is 5.76 Å². The highest BCUT2D eigenvalue weighted by molar-refractivity contribution is 5.98. The van der Waals surface area contributed by atoms with E-state index in [1.165, 1.54) is 0 Å². The molecule has 0 atom stereocenters. The summed E-state index contributed by atoms with van der Waals surface area (Å²) in [6.45, 7) is 4.07. The van der Waals surface area contributed by atoms with E-state index >= 15 is 0 Å². The van der Waals surface area contributed by atoms with E-state index in [1.54, 1.807) is 6.92 Å². The second-order valence-electron chi connectivity index (χ2n) is 3.42. The summed E-state index contributed by atoms with van der Waals surface area (Å²) in [5.41, 5.74) is 3.85. The van der Waals surface area contributed by atoms with Gasteiger partial charge in [0.1, 0.15) is 5.58 Å². The van der Waals surface area contributed by atoms with Crippen molar-refractivity contribution in [2.45, 2.75) is 13.8 Å². The van der Waals surface area contributed by atoms with Crippen LogP contribution in [0.5, 0.6) is 0 Å². The van der Waals surface area contributed by atoms with Crippen molar-refractivity contribution in [3.05, 3.63) is 35.6 Å². The molecule has 0 saturated carbocycles. The highest BCUT2D eigenvalue weighted by atomic mass is 16.7. The van der Waals surface area contributed by atoms with Gasteiger partial charge in [-0.1, -0.05) is 18.2 Å². The van der Waals surface area contributed by atoms with Crippen molar-refractivity contribution in [3.63, 3.8) is 0 Å². The van der Waals surface area contributed by atoms with Gasteiger partial charge in [-0.2, -0.15) is 0 Å². The zero-order chi connectivity index (χ0) is 11.5. The van der Waals surface area contributed by atoms with E-state index in [9.17, 15) is 4.79 Å². The highest BCUT2D eigenvalue weighted by Crippen LogP contribution is 2.24. The van der Waals surface area contributed by atoms with Gasteiger partial charge in [0, 0.05) is 10.9 Å². The minimum Gasteiger partial charge on any atom is -0.451 e. The van der Waals surface area contributed by atoms with Gasteiger partial charge in [0.2, 0.25) is 0 Å². The van der Waals surface area contributed by atoms with Crippen LogP contribution in [0, 0.1) is 6.92 Å². The van der Waals surface area contributed by atoms with Crippen molar-refractivity contribution in [2.75, 3.05) is 6.61 Å². The summed E-state index contributed by atoms with van der Waals surface area (Å²) in [7, 11) is 0. The van der Waals surface area contributed by atoms with Crippen molar-refractivity contribution in [2.24, 2.45) is 0 Å². The molecule has 1 aromatic carbocycles. The van der Waals surface area contributed by atoms with E-state index in [-0.39, 0.29) is 5.91 Å². The average molecular weight is 219 g/mol. The van der Waals surface area contributed by atoms with Crippen molar-refractivity contribution in [3.8, 4) is 0 Å². The molecule has 16 heavy (non-hydrogen) atoms. The molecule has 84 valence electrons. The van der Waals surface area contributed by atoms with Crippen LogP contribution in [0.1, 0.15) is 23.0 Å². The quantitative estimate of drug-likeness (QED) is 0.806. The third-order valence-corrected chi connectivity index (χ3v) is 2.36. The first-order valence-electron chi connectivity index (χ1n) is 5.14. The Balaban J connectivity index is 2.37. The fourth-order valence-corrected chi connectivity index (χ4v) is 1.57. The number of para-hydroxylation sites is 1. The van der Waals surface area contributed by atoms with Crippen LogP contribution in [0.3, 0.4) is 0 Å². The van der Waals surface area contributed by atoms with Crippen molar-refractivity contribution >= 4 is 16.9 Å². The topological polar surface area (TPSA) is 51.5 Å². The summed E-state index contributed by atoms with van der Waals surface area (Å²) in [6, 6.07) is 7.54. The smallest absolute Gasteiger partial charge is 0.310 e. The number of carbonyl (C=O) groups excluding carboxylic acids is 1. The normalized spacial score (nSPS) is 10.6. The molecule has 1 amide bonds. The molecule has 0 aliphatic rings. The van der Waals surface area contributed by atoms with Crippen LogP contribution >= 0.6 is 0 Å². The Bertz CT molecular complexity index is 516. The number of benzene rings is 1. The summed E-state index contributed by atoms with van der Waals surface area (Å²) < 4.78 is 5.47. The lowest BCUT2D eigenvalue weighted by Crippen LogP contribution is -2.23. The van der Waals surface area contributed by atoms with Crippen LogP contribution in [-0.2, 0) is 4.84 Å². The van der Waals surface area contributed by atoms with E-state index in [1.807, 2.05) is 31.2 Å². The first-order chi connectivity index (χ1) is 7.74. The van der Waals surface area contributed by atoms with Crippen molar-refractivity contribution < 1.29 is 14.0 Å². The molecule has 2 aromatic rings. The SMILES string of the molecule is CCONC(=O)c1oc2ccccc2c1C. The van der Waals surface area contributed by atoms with Gasteiger partial charge < -0.3 is 4.42 Å². The molecular weight excluding hydrogens is 206 g/mol. The number of fused-ring (bicyclic) bond motifs is 1.